The van der Waals surface area contributed by atoms with Crippen LogP contribution in [0.2, 0.25) is 0 Å². The van der Waals surface area contributed by atoms with Gasteiger partial charge in [-0.2, -0.15) is 13.2 Å². The Morgan fingerprint density at radius 1 is 1.03 bits per heavy atom. The predicted molar refractivity (Wildman–Crippen MR) is 124 cm³/mol. The Balaban J connectivity index is 1.49. The van der Waals surface area contributed by atoms with Gasteiger partial charge in [0.1, 0.15) is 30.9 Å². The molecule has 0 spiro atoms. The third-order valence-electron chi connectivity index (χ3n) is 5.92. The predicted octanol–water partition coefficient (Wildman–Crippen LogP) is 4.51. The standard InChI is InChI=1S/C24H20BF5N4O2/c25-23(34-18-11-19(24(28,29)30)32-17-9-2-1-6-14(17)18)10-4-5-13(12-23)31-21(35)22(36)33-20-15(26)7-3-8-16(20)27/h1-3,6-9,11,13H,4-5,10,12H2,(H,31,35)(H,32,34)(H,33,36)/t13-,23-/m1/s1. The Bertz CT molecular complexity index is 1300. The summed E-state index contributed by atoms with van der Waals surface area (Å²) in [6.07, 6.45) is -3.27. The number of rotatable bonds is 4. The summed E-state index contributed by atoms with van der Waals surface area (Å²) in [4.78, 5) is 28.3. The minimum Gasteiger partial charge on any atom is -0.387 e. The van der Waals surface area contributed by atoms with Gasteiger partial charge in [0.05, 0.1) is 5.52 Å². The molecule has 2 radical (unpaired) electrons. The van der Waals surface area contributed by atoms with Gasteiger partial charge in [0, 0.05) is 17.1 Å². The first kappa shape index (κ1) is 25.4. The number of fused-ring (bicyclic) bond motifs is 1. The molecular formula is C24H20BF5N4O2. The molecule has 1 heterocycles. The number of para-hydroxylation sites is 2. The SMILES string of the molecule is [B][C@@]1(Nc2cc(C(F)(F)F)nc3ccccc23)CCC[C@@H](NC(=O)C(=O)Nc2c(F)cccc2F)C1. The van der Waals surface area contributed by atoms with Gasteiger partial charge in [-0.15, -0.1) is 0 Å². The van der Waals surface area contributed by atoms with Crippen molar-refractivity contribution in [1.82, 2.24) is 10.3 Å². The van der Waals surface area contributed by atoms with E-state index in [0.717, 1.165) is 24.3 Å². The van der Waals surface area contributed by atoms with Gasteiger partial charge in [-0.3, -0.25) is 9.59 Å². The minimum absolute atomic E-state index is 0.0814. The average molecular weight is 502 g/mol. The Labute approximate surface area is 204 Å². The summed E-state index contributed by atoms with van der Waals surface area (Å²) in [6, 6.07) is 9.54. The number of benzene rings is 2. The molecule has 1 aliphatic rings. The highest BCUT2D eigenvalue weighted by Crippen LogP contribution is 2.36. The Kier molecular flexibility index (Phi) is 6.88. The van der Waals surface area contributed by atoms with Crippen LogP contribution in [0.25, 0.3) is 10.9 Å². The van der Waals surface area contributed by atoms with Crippen molar-refractivity contribution in [2.24, 2.45) is 0 Å². The molecule has 6 nitrogen and oxygen atoms in total. The summed E-state index contributed by atoms with van der Waals surface area (Å²) in [5, 5.41) is 7.82. The molecule has 1 saturated carbocycles. The molecule has 1 aromatic heterocycles. The van der Waals surface area contributed by atoms with E-state index in [4.69, 9.17) is 7.85 Å². The summed E-state index contributed by atoms with van der Waals surface area (Å²) >= 11 is 0. The number of pyridine rings is 1. The summed E-state index contributed by atoms with van der Waals surface area (Å²) < 4.78 is 67.7. The van der Waals surface area contributed by atoms with E-state index in [2.05, 4.69) is 15.6 Å². The number of hydrogen-bond acceptors (Lipinski definition) is 4. The monoisotopic (exact) mass is 502 g/mol. The van der Waals surface area contributed by atoms with Crippen molar-refractivity contribution in [3.05, 3.63) is 65.9 Å². The van der Waals surface area contributed by atoms with Gasteiger partial charge in [-0.05, 0) is 55.4 Å². The van der Waals surface area contributed by atoms with Crippen molar-refractivity contribution < 1.29 is 31.5 Å². The van der Waals surface area contributed by atoms with Gasteiger partial charge in [-0.25, -0.2) is 13.8 Å². The summed E-state index contributed by atoms with van der Waals surface area (Å²) in [7, 11) is 6.48. The van der Waals surface area contributed by atoms with Gasteiger partial charge in [-0.1, -0.05) is 24.3 Å². The van der Waals surface area contributed by atoms with E-state index in [1.54, 1.807) is 18.2 Å². The molecule has 2 atom stereocenters. The molecule has 36 heavy (non-hydrogen) atoms. The van der Waals surface area contributed by atoms with E-state index in [1.165, 1.54) is 6.07 Å². The number of anilines is 2. The molecule has 2 amide bonds. The summed E-state index contributed by atoms with van der Waals surface area (Å²) in [6.45, 7) is 0. The molecule has 3 N–H and O–H groups in total. The second-order valence-corrected chi connectivity index (χ2v) is 8.67. The maximum Gasteiger partial charge on any atom is 0.433 e. The first-order valence-corrected chi connectivity index (χ1v) is 11.1. The number of halogens is 5. The molecular weight excluding hydrogens is 482 g/mol. The molecule has 0 bridgehead atoms. The van der Waals surface area contributed by atoms with Crippen LogP contribution in [-0.4, -0.2) is 36.1 Å². The van der Waals surface area contributed by atoms with Gasteiger partial charge >= 0.3 is 18.0 Å². The van der Waals surface area contributed by atoms with Crippen LogP contribution in [-0.2, 0) is 15.8 Å². The second kappa shape index (κ2) is 9.75. The van der Waals surface area contributed by atoms with E-state index in [1.807, 2.05) is 5.32 Å². The quantitative estimate of drug-likeness (QED) is 0.279. The molecule has 186 valence electrons. The minimum atomic E-state index is -4.67. The summed E-state index contributed by atoms with van der Waals surface area (Å²) in [5.74, 6) is -4.47. The van der Waals surface area contributed by atoms with Crippen LogP contribution in [0.15, 0.2) is 48.5 Å². The lowest BCUT2D eigenvalue weighted by Crippen LogP contribution is -2.52. The van der Waals surface area contributed by atoms with Crippen molar-refractivity contribution in [2.45, 2.75) is 43.3 Å². The molecule has 0 aliphatic heterocycles. The highest BCUT2D eigenvalue weighted by Gasteiger charge is 2.36. The fraction of sp³-hybridized carbons (Fsp3) is 0.292. The fourth-order valence-electron chi connectivity index (χ4n) is 4.28. The molecule has 1 fully saturated rings. The number of alkyl halides is 3. The number of nitrogens with one attached hydrogen (secondary N) is 3. The van der Waals surface area contributed by atoms with Crippen molar-refractivity contribution in [3.8, 4) is 0 Å². The second-order valence-electron chi connectivity index (χ2n) is 8.67. The number of aromatic nitrogens is 1. The van der Waals surface area contributed by atoms with Crippen LogP contribution in [0.3, 0.4) is 0 Å². The molecule has 12 heteroatoms. The molecule has 3 aromatic rings. The largest absolute Gasteiger partial charge is 0.433 e. The lowest BCUT2D eigenvalue weighted by Gasteiger charge is -2.40. The first-order valence-electron chi connectivity index (χ1n) is 11.1. The molecule has 0 unspecified atom stereocenters. The van der Waals surface area contributed by atoms with Gasteiger partial charge in [0.2, 0.25) is 0 Å². The maximum absolute atomic E-state index is 13.8. The number of amides is 2. The number of nitrogens with zero attached hydrogens (tertiary/aromatic N) is 1. The van der Waals surface area contributed by atoms with E-state index >= 15 is 0 Å². The number of hydrogen-bond donors (Lipinski definition) is 3. The van der Waals surface area contributed by atoms with Crippen LogP contribution in [0.4, 0.5) is 33.3 Å². The third kappa shape index (κ3) is 5.58. The van der Waals surface area contributed by atoms with Crippen molar-refractivity contribution in [2.75, 3.05) is 10.6 Å². The highest BCUT2D eigenvalue weighted by atomic mass is 19.4. The van der Waals surface area contributed by atoms with Gasteiger partial charge in [0.15, 0.2) is 0 Å². The van der Waals surface area contributed by atoms with Crippen LogP contribution < -0.4 is 16.0 Å². The van der Waals surface area contributed by atoms with Gasteiger partial charge in [0.25, 0.3) is 0 Å². The number of carbonyl (C=O) groups is 2. The van der Waals surface area contributed by atoms with Crippen molar-refractivity contribution in [1.29, 1.82) is 0 Å². The molecule has 2 aromatic carbocycles. The zero-order chi connectivity index (χ0) is 26.1. The smallest absolute Gasteiger partial charge is 0.387 e. The number of carbonyl (C=O) groups excluding carboxylic acids is 2. The lowest BCUT2D eigenvalue weighted by molar-refractivity contribution is -0.140. The Morgan fingerprint density at radius 2 is 1.72 bits per heavy atom. The Morgan fingerprint density at radius 3 is 2.42 bits per heavy atom. The van der Waals surface area contributed by atoms with Gasteiger partial charge < -0.3 is 16.0 Å². The third-order valence-corrected chi connectivity index (χ3v) is 5.92. The fourth-order valence-corrected chi connectivity index (χ4v) is 4.28. The maximum atomic E-state index is 13.8. The first-order chi connectivity index (χ1) is 16.9. The van der Waals surface area contributed by atoms with Crippen LogP contribution >= 0.6 is 0 Å². The van der Waals surface area contributed by atoms with Crippen LogP contribution in [0.1, 0.15) is 31.4 Å². The summed E-state index contributed by atoms with van der Waals surface area (Å²) in [5.41, 5.74) is -2.77. The molecule has 0 saturated heterocycles. The highest BCUT2D eigenvalue weighted by molar-refractivity contribution is 6.39. The Hall–Kier alpha value is -3.70. The average Bonchev–Trinajstić information content (AvgIpc) is 2.80. The topological polar surface area (TPSA) is 83.1 Å². The van der Waals surface area contributed by atoms with Crippen molar-refractivity contribution >= 4 is 41.9 Å². The van der Waals surface area contributed by atoms with Crippen molar-refractivity contribution in [3.63, 3.8) is 0 Å². The molecule has 4 rings (SSSR count). The molecule has 1 aliphatic carbocycles. The van der Waals surface area contributed by atoms with E-state index in [-0.39, 0.29) is 17.6 Å². The van der Waals surface area contributed by atoms with E-state index in [0.29, 0.717) is 24.6 Å². The van der Waals surface area contributed by atoms with E-state index < -0.39 is 52.5 Å². The zero-order valence-electron chi connectivity index (χ0n) is 18.8. The normalized spacial score (nSPS) is 20.1. The zero-order valence-corrected chi connectivity index (χ0v) is 18.8. The van der Waals surface area contributed by atoms with Crippen LogP contribution in [0, 0.1) is 11.6 Å². The van der Waals surface area contributed by atoms with Crippen LogP contribution in [0.5, 0.6) is 0 Å². The lowest BCUT2D eigenvalue weighted by atomic mass is 9.65. The van der Waals surface area contributed by atoms with E-state index in [9.17, 15) is 31.5 Å².